The van der Waals surface area contributed by atoms with Gasteiger partial charge >= 0.3 is 6.01 Å². The minimum atomic E-state index is 0.268. The molecule has 0 fully saturated rings. The molecule has 20 heavy (non-hydrogen) atoms. The number of benzene rings is 1. The topological polar surface area (TPSA) is 72.0 Å². The second kappa shape index (κ2) is 6.91. The van der Waals surface area contributed by atoms with Gasteiger partial charge in [-0.15, -0.1) is 0 Å². The fraction of sp³-hybridized carbons (Fsp3) is 0.308. The number of rotatable bonds is 6. The van der Waals surface area contributed by atoms with Gasteiger partial charge in [-0.25, -0.2) is 0 Å². The minimum Gasteiger partial charge on any atom is -0.467 e. The predicted octanol–water partition coefficient (Wildman–Crippen LogP) is 2.58. The van der Waals surface area contributed by atoms with Crippen molar-refractivity contribution in [1.29, 1.82) is 0 Å². The van der Waals surface area contributed by atoms with E-state index in [0.717, 1.165) is 12.1 Å². The van der Waals surface area contributed by atoms with Crippen molar-refractivity contribution in [2.75, 3.05) is 24.3 Å². The molecule has 0 bridgehead atoms. The maximum atomic E-state index is 5.94. The number of hydrogen-bond acceptors (Lipinski definition) is 6. The molecule has 0 aliphatic heterocycles. The molecule has 1 heterocycles. The first-order valence-electron chi connectivity index (χ1n) is 6.23. The molecule has 2 rings (SSSR count). The molecule has 1 aromatic carbocycles. The van der Waals surface area contributed by atoms with E-state index in [1.807, 2.05) is 31.2 Å². The molecule has 0 aliphatic carbocycles. The molecule has 2 aromatic rings. The van der Waals surface area contributed by atoms with Crippen molar-refractivity contribution in [2.45, 2.75) is 13.5 Å². The van der Waals surface area contributed by atoms with Gasteiger partial charge in [-0.05, 0) is 24.6 Å². The average Bonchev–Trinajstić information content (AvgIpc) is 2.45. The second-order valence-electron chi connectivity index (χ2n) is 3.98. The van der Waals surface area contributed by atoms with Gasteiger partial charge in [-0.1, -0.05) is 23.7 Å². The zero-order valence-electron chi connectivity index (χ0n) is 11.4. The van der Waals surface area contributed by atoms with Crippen LogP contribution in [0.1, 0.15) is 12.5 Å². The van der Waals surface area contributed by atoms with Gasteiger partial charge in [0.2, 0.25) is 11.9 Å². The van der Waals surface area contributed by atoms with E-state index in [9.17, 15) is 0 Å². The number of anilines is 2. The summed E-state index contributed by atoms with van der Waals surface area (Å²) in [4.78, 5) is 12.5. The van der Waals surface area contributed by atoms with Crippen LogP contribution in [0.3, 0.4) is 0 Å². The summed E-state index contributed by atoms with van der Waals surface area (Å²) in [7, 11) is 1.52. The van der Waals surface area contributed by atoms with E-state index < -0.39 is 0 Å². The Hall–Kier alpha value is -2.08. The first-order valence-corrected chi connectivity index (χ1v) is 6.61. The fourth-order valence-corrected chi connectivity index (χ4v) is 1.80. The lowest BCUT2D eigenvalue weighted by molar-refractivity contribution is 0.379. The maximum absolute atomic E-state index is 5.94. The molecule has 106 valence electrons. The van der Waals surface area contributed by atoms with Crippen LogP contribution >= 0.6 is 11.6 Å². The van der Waals surface area contributed by atoms with Gasteiger partial charge < -0.3 is 15.4 Å². The van der Waals surface area contributed by atoms with E-state index >= 15 is 0 Å². The molecule has 0 radical (unpaired) electrons. The van der Waals surface area contributed by atoms with Gasteiger partial charge in [-0.2, -0.15) is 15.0 Å². The van der Waals surface area contributed by atoms with Crippen LogP contribution < -0.4 is 15.4 Å². The van der Waals surface area contributed by atoms with Crippen LogP contribution in [0.2, 0.25) is 5.02 Å². The van der Waals surface area contributed by atoms with Crippen molar-refractivity contribution in [2.24, 2.45) is 0 Å². The Labute approximate surface area is 122 Å². The SMILES string of the molecule is CCNc1nc(NCc2cccc(Cl)c2)nc(OC)n1. The van der Waals surface area contributed by atoms with Crippen LogP contribution in [0.15, 0.2) is 24.3 Å². The monoisotopic (exact) mass is 293 g/mol. The highest BCUT2D eigenvalue weighted by molar-refractivity contribution is 6.30. The van der Waals surface area contributed by atoms with Crippen LogP contribution in [0, 0.1) is 0 Å². The molecule has 0 unspecified atom stereocenters. The highest BCUT2D eigenvalue weighted by Gasteiger charge is 2.06. The van der Waals surface area contributed by atoms with Crippen molar-refractivity contribution in [3.8, 4) is 6.01 Å². The lowest BCUT2D eigenvalue weighted by atomic mass is 10.2. The maximum Gasteiger partial charge on any atom is 0.322 e. The molecule has 0 saturated heterocycles. The van der Waals surface area contributed by atoms with Gasteiger partial charge in [0, 0.05) is 18.1 Å². The molecule has 6 nitrogen and oxygen atoms in total. The largest absolute Gasteiger partial charge is 0.467 e. The van der Waals surface area contributed by atoms with Crippen LogP contribution in [0.25, 0.3) is 0 Å². The van der Waals surface area contributed by atoms with E-state index in [4.69, 9.17) is 16.3 Å². The minimum absolute atomic E-state index is 0.268. The molecule has 2 N–H and O–H groups in total. The van der Waals surface area contributed by atoms with E-state index in [1.54, 1.807) is 0 Å². The average molecular weight is 294 g/mol. The number of nitrogens with one attached hydrogen (secondary N) is 2. The zero-order chi connectivity index (χ0) is 14.4. The van der Waals surface area contributed by atoms with Crippen LogP contribution in [0.5, 0.6) is 6.01 Å². The highest BCUT2D eigenvalue weighted by atomic mass is 35.5. The first kappa shape index (κ1) is 14.3. The van der Waals surface area contributed by atoms with Crippen molar-refractivity contribution in [3.63, 3.8) is 0 Å². The Kier molecular flexibility index (Phi) is 4.95. The lowest BCUT2D eigenvalue weighted by Crippen LogP contribution is -2.10. The highest BCUT2D eigenvalue weighted by Crippen LogP contribution is 2.14. The van der Waals surface area contributed by atoms with Crippen molar-refractivity contribution in [3.05, 3.63) is 34.9 Å². The van der Waals surface area contributed by atoms with Gasteiger partial charge in [0.1, 0.15) is 0 Å². The molecule has 0 saturated carbocycles. The normalized spacial score (nSPS) is 10.2. The van der Waals surface area contributed by atoms with E-state index in [0.29, 0.717) is 23.5 Å². The molecular formula is C13H16ClN5O. The molecule has 0 atom stereocenters. The van der Waals surface area contributed by atoms with Gasteiger partial charge in [0.15, 0.2) is 0 Å². The molecule has 0 aliphatic rings. The number of hydrogen-bond donors (Lipinski definition) is 2. The summed E-state index contributed by atoms with van der Waals surface area (Å²) in [5, 5.41) is 6.85. The Morgan fingerprint density at radius 2 is 1.90 bits per heavy atom. The summed E-state index contributed by atoms with van der Waals surface area (Å²) in [5.41, 5.74) is 1.04. The van der Waals surface area contributed by atoms with Crippen molar-refractivity contribution in [1.82, 2.24) is 15.0 Å². The summed E-state index contributed by atoms with van der Waals surface area (Å²) in [5.74, 6) is 0.931. The molecule has 7 heteroatoms. The van der Waals surface area contributed by atoms with Crippen LogP contribution in [-0.4, -0.2) is 28.6 Å². The molecule has 1 aromatic heterocycles. The summed E-state index contributed by atoms with van der Waals surface area (Å²) in [6.45, 7) is 3.26. The Bertz CT molecular complexity index is 578. The second-order valence-corrected chi connectivity index (χ2v) is 4.42. The van der Waals surface area contributed by atoms with Crippen LogP contribution in [0.4, 0.5) is 11.9 Å². The molecule has 0 amide bonds. The first-order chi connectivity index (χ1) is 9.71. The molecular weight excluding hydrogens is 278 g/mol. The number of ether oxygens (including phenoxy) is 1. The summed E-state index contributed by atoms with van der Waals surface area (Å²) >= 11 is 5.94. The fourth-order valence-electron chi connectivity index (χ4n) is 1.59. The van der Waals surface area contributed by atoms with Gasteiger partial charge in [0.25, 0.3) is 0 Å². The Morgan fingerprint density at radius 3 is 2.55 bits per heavy atom. The standard InChI is InChI=1S/C13H16ClN5O/c1-3-15-11-17-12(19-13(18-11)20-2)16-8-9-5-4-6-10(14)7-9/h4-7H,3,8H2,1-2H3,(H2,15,16,17,18,19). The number of aromatic nitrogens is 3. The quantitative estimate of drug-likeness (QED) is 0.853. The third-order valence-corrected chi connectivity index (χ3v) is 2.71. The summed E-state index contributed by atoms with van der Waals surface area (Å²) < 4.78 is 5.05. The third kappa shape index (κ3) is 3.96. The number of nitrogens with zero attached hydrogens (tertiary/aromatic N) is 3. The van der Waals surface area contributed by atoms with Crippen molar-refractivity contribution < 1.29 is 4.74 Å². The summed E-state index contributed by atoms with van der Waals surface area (Å²) in [6, 6.07) is 7.86. The predicted molar refractivity (Wildman–Crippen MR) is 79.3 cm³/mol. The lowest BCUT2D eigenvalue weighted by Gasteiger charge is -2.08. The third-order valence-electron chi connectivity index (χ3n) is 2.47. The van der Waals surface area contributed by atoms with E-state index in [2.05, 4.69) is 25.6 Å². The Morgan fingerprint density at radius 1 is 1.15 bits per heavy atom. The van der Waals surface area contributed by atoms with Crippen LogP contribution in [-0.2, 0) is 6.54 Å². The Balaban J connectivity index is 2.10. The van der Waals surface area contributed by atoms with E-state index in [1.165, 1.54) is 7.11 Å². The number of halogens is 1. The number of methoxy groups -OCH3 is 1. The summed E-state index contributed by atoms with van der Waals surface area (Å²) in [6.07, 6.45) is 0. The zero-order valence-corrected chi connectivity index (χ0v) is 12.1. The smallest absolute Gasteiger partial charge is 0.322 e. The van der Waals surface area contributed by atoms with Crippen molar-refractivity contribution >= 4 is 23.5 Å². The molecule has 0 spiro atoms. The van der Waals surface area contributed by atoms with Gasteiger partial charge in [-0.3, -0.25) is 0 Å². The van der Waals surface area contributed by atoms with E-state index in [-0.39, 0.29) is 6.01 Å². The van der Waals surface area contributed by atoms with Gasteiger partial charge in [0.05, 0.1) is 7.11 Å².